The van der Waals surface area contributed by atoms with Gasteiger partial charge < -0.3 is 21.5 Å². The number of carbonyl (C=O) groups is 1. The van der Waals surface area contributed by atoms with Crippen molar-refractivity contribution in [1.29, 1.82) is 0 Å². The molecule has 1 aromatic rings. The van der Waals surface area contributed by atoms with E-state index in [1.165, 1.54) is 0 Å². The van der Waals surface area contributed by atoms with Crippen molar-refractivity contribution in [3.05, 3.63) is 18.0 Å². The van der Waals surface area contributed by atoms with E-state index < -0.39 is 6.10 Å². The summed E-state index contributed by atoms with van der Waals surface area (Å²) in [6.07, 6.45) is 3.96. The molecule has 7 nitrogen and oxygen atoms in total. The third-order valence-electron chi connectivity index (χ3n) is 4.85. The monoisotopic (exact) mass is 305 g/mol. The van der Waals surface area contributed by atoms with Gasteiger partial charge in [0.1, 0.15) is 0 Å². The first-order valence-electron chi connectivity index (χ1n) is 7.85. The molecule has 0 spiro atoms. The number of carbonyl (C=O) groups excluding carboxylic acids is 1. The fraction of sp³-hybridized carbons (Fsp3) is 0.667. The highest BCUT2D eigenvalue weighted by Gasteiger charge is 2.37. The van der Waals surface area contributed by atoms with Crippen LogP contribution in [0.15, 0.2) is 12.3 Å². The molecule has 1 amide bonds. The number of piperidine rings is 1. The largest absolute Gasteiger partial charge is 0.391 e. The lowest BCUT2D eigenvalue weighted by Gasteiger charge is -2.33. The molecule has 0 bridgehead atoms. The van der Waals surface area contributed by atoms with Crippen molar-refractivity contribution in [3.63, 3.8) is 0 Å². The summed E-state index contributed by atoms with van der Waals surface area (Å²) in [5.41, 5.74) is 12.4. The standard InChI is InChI=1S/C15H23N5O2/c16-11-7-10(8-13(11)21)14(22)20-5-2-9(3-6-20)12-1-4-18-15(17)19-12/h1,4,9-11,13,21H,2-3,5-8,16H2,(H2,17,18,19)/t10-,11-,13-/m0/s1. The van der Waals surface area contributed by atoms with Crippen LogP contribution in [0.3, 0.4) is 0 Å². The molecule has 0 unspecified atom stereocenters. The maximum Gasteiger partial charge on any atom is 0.225 e. The molecular weight excluding hydrogens is 282 g/mol. The fourth-order valence-electron chi connectivity index (χ4n) is 3.52. The molecule has 120 valence electrons. The molecule has 1 saturated carbocycles. The SMILES string of the molecule is Nc1nccc(C2CCN(C(=O)[C@H]3C[C@H](N)[C@@H](O)C3)CC2)n1. The van der Waals surface area contributed by atoms with Gasteiger partial charge in [-0.1, -0.05) is 0 Å². The van der Waals surface area contributed by atoms with E-state index in [0.29, 0.717) is 24.7 Å². The number of anilines is 1. The van der Waals surface area contributed by atoms with Crippen LogP contribution in [-0.4, -0.2) is 51.1 Å². The molecule has 2 heterocycles. The van der Waals surface area contributed by atoms with Crippen LogP contribution in [-0.2, 0) is 4.79 Å². The Morgan fingerprint density at radius 2 is 2.05 bits per heavy atom. The quantitative estimate of drug-likeness (QED) is 0.700. The van der Waals surface area contributed by atoms with Crippen LogP contribution in [0.5, 0.6) is 0 Å². The number of nitrogen functional groups attached to an aromatic ring is 1. The number of nitrogens with zero attached hydrogens (tertiary/aromatic N) is 3. The molecule has 0 radical (unpaired) electrons. The number of amides is 1. The van der Waals surface area contributed by atoms with Crippen molar-refractivity contribution in [1.82, 2.24) is 14.9 Å². The number of aliphatic hydroxyl groups excluding tert-OH is 1. The molecule has 5 N–H and O–H groups in total. The lowest BCUT2D eigenvalue weighted by Crippen LogP contribution is -2.41. The molecule has 3 rings (SSSR count). The third kappa shape index (κ3) is 3.05. The first-order valence-corrected chi connectivity index (χ1v) is 7.85. The Kier molecular flexibility index (Phi) is 4.26. The van der Waals surface area contributed by atoms with Crippen LogP contribution in [0.1, 0.15) is 37.3 Å². The first kappa shape index (κ1) is 15.2. The maximum absolute atomic E-state index is 12.5. The van der Waals surface area contributed by atoms with Crippen LogP contribution in [0.2, 0.25) is 0 Å². The first-order chi connectivity index (χ1) is 10.5. The van der Waals surface area contributed by atoms with Crippen LogP contribution >= 0.6 is 0 Å². The highest BCUT2D eigenvalue weighted by Crippen LogP contribution is 2.31. The molecule has 2 fully saturated rings. The van der Waals surface area contributed by atoms with Crippen LogP contribution in [0.4, 0.5) is 5.95 Å². The lowest BCUT2D eigenvalue weighted by atomic mass is 9.92. The Labute approximate surface area is 129 Å². The van der Waals surface area contributed by atoms with Crippen molar-refractivity contribution >= 4 is 11.9 Å². The van der Waals surface area contributed by atoms with Gasteiger partial charge in [0.15, 0.2) is 0 Å². The summed E-state index contributed by atoms with van der Waals surface area (Å²) in [4.78, 5) is 22.6. The number of rotatable bonds is 2. The van der Waals surface area contributed by atoms with E-state index in [4.69, 9.17) is 11.5 Å². The highest BCUT2D eigenvalue weighted by molar-refractivity contribution is 5.79. The van der Waals surface area contributed by atoms with E-state index in [-0.39, 0.29) is 17.9 Å². The Balaban J connectivity index is 1.56. The number of hydrogen-bond acceptors (Lipinski definition) is 6. The Bertz CT molecular complexity index is 534. The van der Waals surface area contributed by atoms with Crippen molar-refractivity contribution in [2.24, 2.45) is 11.7 Å². The number of likely N-dealkylation sites (tertiary alicyclic amines) is 1. The van der Waals surface area contributed by atoms with Gasteiger partial charge >= 0.3 is 0 Å². The van der Waals surface area contributed by atoms with E-state index in [1.807, 2.05) is 11.0 Å². The van der Waals surface area contributed by atoms with E-state index in [9.17, 15) is 9.90 Å². The zero-order chi connectivity index (χ0) is 15.7. The molecule has 1 aliphatic carbocycles. The zero-order valence-electron chi connectivity index (χ0n) is 12.6. The van der Waals surface area contributed by atoms with E-state index in [2.05, 4.69) is 9.97 Å². The summed E-state index contributed by atoms with van der Waals surface area (Å²) in [7, 11) is 0. The number of aliphatic hydroxyl groups is 1. The zero-order valence-corrected chi connectivity index (χ0v) is 12.6. The third-order valence-corrected chi connectivity index (χ3v) is 4.85. The van der Waals surface area contributed by atoms with Gasteiger partial charge in [-0.3, -0.25) is 4.79 Å². The van der Waals surface area contributed by atoms with E-state index in [0.717, 1.165) is 31.6 Å². The van der Waals surface area contributed by atoms with Crippen LogP contribution < -0.4 is 11.5 Å². The lowest BCUT2D eigenvalue weighted by molar-refractivity contribution is -0.136. The molecule has 22 heavy (non-hydrogen) atoms. The average Bonchev–Trinajstić information content (AvgIpc) is 2.86. The second-order valence-electron chi connectivity index (χ2n) is 6.34. The minimum Gasteiger partial charge on any atom is -0.391 e. The predicted octanol–water partition coefficient (Wildman–Crippen LogP) is -0.137. The Hall–Kier alpha value is -1.73. The van der Waals surface area contributed by atoms with Gasteiger partial charge in [-0.2, -0.15) is 0 Å². The summed E-state index contributed by atoms with van der Waals surface area (Å²) in [5.74, 6) is 0.625. The molecule has 3 atom stereocenters. The number of aromatic nitrogens is 2. The summed E-state index contributed by atoms with van der Waals surface area (Å²) in [6.45, 7) is 1.44. The molecule has 7 heteroatoms. The smallest absolute Gasteiger partial charge is 0.225 e. The Morgan fingerprint density at radius 3 is 2.64 bits per heavy atom. The highest BCUT2D eigenvalue weighted by atomic mass is 16.3. The average molecular weight is 305 g/mol. The van der Waals surface area contributed by atoms with Gasteiger partial charge in [0.05, 0.1) is 6.10 Å². The minimum atomic E-state index is -0.546. The summed E-state index contributed by atoms with van der Waals surface area (Å²) in [6, 6.07) is 1.63. The Morgan fingerprint density at radius 1 is 1.32 bits per heavy atom. The molecule has 1 aliphatic heterocycles. The van der Waals surface area contributed by atoms with E-state index >= 15 is 0 Å². The van der Waals surface area contributed by atoms with Crippen molar-refractivity contribution in [2.75, 3.05) is 18.8 Å². The van der Waals surface area contributed by atoms with Crippen LogP contribution in [0, 0.1) is 5.92 Å². The summed E-state index contributed by atoms with van der Waals surface area (Å²) >= 11 is 0. The van der Waals surface area contributed by atoms with Gasteiger partial charge in [0, 0.05) is 42.9 Å². The molecule has 0 aromatic carbocycles. The van der Waals surface area contributed by atoms with Gasteiger partial charge in [-0.05, 0) is 31.7 Å². The van der Waals surface area contributed by atoms with Crippen LogP contribution in [0.25, 0.3) is 0 Å². The van der Waals surface area contributed by atoms with Crippen molar-refractivity contribution in [2.45, 2.75) is 43.7 Å². The molecule has 2 aliphatic rings. The maximum atomic E-state index is 12.5. The van der Waals surface area contributed by atoms with Gasteiger partial charge in [0.2, 0.25) is 11.9 Å². The van der Waals surface area contributed by atoms with Gasteiger partial charge in [-0.25, -0.2) is 9.97 Å². The summed E-state index contributed by atoms with van der Waals surface area (Å²) in [5, 5.41) is 9.71. The predicted molar refractivity (Wildman–Crippen MR) is 81.7 cm³/mol. The normalized spacial score (nSPS) is 29.7. The molecule has 1 aromatic heterocycles. The van der Waals surface area contributed by atoms with E-state index in [1.54, 1.807) is 6.20 Å². The fourth-order valence-corrected chi connectivity index (χ4v) is 3.52. The van der Waals surface area contributed by atoms with Crippen molar-refractivity contribution < 1.29 is 9.90 Å². The summed E-state index contributed by atoms with van der Waals surface area (Å²) < 4.78 is 0. The second-order valence-corrected chi connectivity index (χ2v) is 6.34. The van der Waals surface area contributed by atoms with Gasteiger partial charge in [-0.15, -0.1) is 0 Å². The van der Waals surface area contributed by atoms with Crippen molar-refractivity contribution in [3.8, 4) is 0 Å². The number of hydrogen-bond donors (Lipinski definition) is 3. The topological polar surface area (TPSA) is 118 Å². The molecular formula is C15H23N5O2. The number of nitrogens with two attached hydrogens (primary N) is 2. The molecule has 1 saturated heterocycles. The van der Waals surface area contributed by atoms with Gasteiger partial charge in [0.25, 0.3) is 0 Å². The minimum absolute atomic E-state index is 0.128. The second kappa shape index (κ2) is 6.18.